The van der Waals surface area contributed by atoms with Crippen molar-refractivity contribution in [3.63, 3.8) is 0 Å². The summed E-state index contributed by atoms with van der Waals surface area (Å²) in [6.07, 6.45) is 1.93. The lowest BCUT2D eigenvalue weighted by Gasteiger charge is -2.29. The number of likely N-dealkylation sites (tertiary alicyclic amines) is 1. The average molecular weight is 286 g/mol. The van der Waals surface area contributed by atoms with E-state index in [1.54, 1.807) is 0 Å². The summed E-state index contributed by atoms with van der Waals surface area (Å²) in [5.41, 5.74) is 0.937. The zero-order valence-electron chi connectivity index (χ0n) is 11.9. The maximum Gasteiger partial charge on any atom is 0.226 e. The van der Waals surface area contributed by atoms with Crippen molar-refractivity contribution in [1.82, 2.24) is 4.90 Å². The second kappa shape index (κ2) is 6.04. The molecule has 0 unspecified atom stereocenters. The third-order valence-corrected chi connectivity index (χ3v) is 3.99. The van der Waals surface area contributed by atoms with Gasteiger partial charge >= 0.3 is 0 Å². The number of fused-ring (bicyclic) bond motifs is 1. The summed E-state index contributed by atoms with van der Waals surface area (Å²) in [6, 6.07) is 7.93. The van der Waals surface area contributed by atoms with E-state index in [1.807, 2.05) is 23.1 Å². The predicted molar refractivity (Wildman–Crippen MR) is 76.1 cm³/mol. The lowest BCUT2D eigenvalue weighted by atomic mass is 9.98. The maximum atomic E-state index is 12.3. The van der Waals surface area contributed by atoms with Gasteiger partial charge in [0.2, 0.25) is 5.91 Å². The zero-order chi connectivity index (χ0) is 14.7. The normalized spacial score (nSPS) is 18.1. The molecule has 1 amide bonds. The van der Waals surface area contributed by atoms with Crippen molar-refractivity contribution in [3.8, 4) is 17.6 Å². The molecule has 3 rings (SSSR count). The fourth-order valence-electron chi connectivity index (χ4n) is 2.74. The lowest BCUT2D eigenvalue weighted by Crippen LogP contribution is -2.39. The van der Waals surface area contributed by atoms with Crippen molar-refractivity contribution in [2.45, 2.75) is 19.3 Å². The van der Waals surface area contributed by atoms with Crippen LogP contribution in [-0.2, 0) is 11.2 Å². The second-order valence-corrected chi connectivity index (χ2v) is 5.44. The Morgan fingerprint density at radius 2 is 1.95 bits per heavy atom. The molecule has 0 aliphatic carbocycles. The smallest absolute Gasteiger partial charge is 0.226 e. The molecule has 2 heterocycles. The van der Waals surface area contributed by atoms with E-state index in [-0.39, 0.29) is 11.8 Å². The number of ether oxygens (including phenoxy) is 2. The Balaban J connectivity index is 1.61. The van der Waals surface area contributed by atoms with Crippen LogP contribution in [0.5, 0.6) is 11.5 Å². The van der Waals surface area contributed by atoms with E-state index in [0.717, 1.165) is 29.9 Å². The van der Waals surface area contributed by atoms with Crippen LogP contribution in [0.1, 0.15) is 18.4 Å². The van der Waals surface area contributed by atoms with Crippen LogP contribution < -0.4 is 9.47 Å². The van der Waals surface area contributed by atoms with Gasteiger partial charge in [-0.3, -0.25) is 4.79 Å². The van der Waals surface area contributed by atoms with Crippen LogP contribution in [-0.4, -0.2) is 37.1 Å². The molecule has 1 aromatic carbocycles. The quantitative estimate of drug-likeness (QED) is 0.831. The Hall–Kier alpha value is -2.22. The number of benzene rings is 1. The minimum Gasteiger partial charge on any atom is -0.486 e. The third kappa shape index (κ3) is 3.10. The molecule has 5 heteroatoms. The van der Waals surface area contributed by atoms with Gasteiger partial charge in [0.1, 0.15) is 13.2 Å². The van der Waals surface area contributed by atoms with Crippen molar-refractivity contribution < 1.29 is 14.3 Å². The van der Waals surface area contributed by atoms with Crippen molar-refractivity contribution in [2.75, 3.05) is 26.3 Å². The second-order valence-electron chi connectivity index (χ2n) is 5.44. The number of carbonyl (C=O) groups is 1. The molecule has 1 saturated heterocycles. The first-order chi connectivity index (χ1) is 10.3. The molecule has 0 saturated carbocycles. The first-order valence-corrected chi connectivity index (χ1v) is 7.32. The molecule has 0 atom stereocenters. The summed E-state index contributed by atoms with van der Waals surface area (Å²) in [6.45, 7) is 2.48. The first-order valence-electron chi connectivity index (χ1n) is 7.32. The highest BCUT2D eigenvalue weighted by molar-refractivity contribution is 5.79. The van der Waals surface area contributed by atoms with E-state index in [1.165, 1.54) is 0 Å². The van der Waals surface area contributed by atoms with Gasteiger partial charge < -0.3 is 14.4 Å². The van der Waals surface area contributed by atoms with Gasteiger partial charge in [-0.05, 0) is 30.5 Å². The van der Waals surface area contributed by atoms with Crippen LogP contribution in [0.4, 0.5) is 0 Å². The Labute approximate surface area is 124 Å². The molecular formula is C16H18N2O3. The fraction of sp³-hybridized carbons (Fsp3) is 0.500. The molecule has 0 radical (unpaired) electrons. The first kappa shape index (κ1) is 13.7. The fourth-order valence-corrected chi connectivity index (χ4v) is 2.74. The summed E-state index contributed by atoms with van der Waals surface area (Å²) >= 11 is 0. The Morgan fingerprint density at radius 3 is 2.67 bits per heavy atom. The molecule has 5 nitrogen and oxygen atoms in total. The van der Waals surface area contributed by atoms with E-state index in [9.17, 15) is 4.79 Å². The Morgan fingerprint density at radius 1 is 1.24 bits per heavy atom. The maximum absolute atomic E-state index is 12.3. The molecule has 0 N–H and O–H groups in total. The number of piperidine rings is 1. The van der Waals surface area contributed by atoms with Crippen molar-refractivity contribution in [1.29, 1.82) is 5.26 Å². The standard InChI is InChI=1S/C16H18N2O3/c17-11-12-3-5-18(6-4-12)16(19)10-13-1-2-14-15(9-13)21-8-7-20-14/h1-2,9,12H,3-8,10H2. The topological polar surface area (TPSA) is 62.6 Å². The lowest BCUT2D eigenvalue weighted by molar-refractivity contribution is -0.131. The number of rotatable bonds is 2. The monoisotopic (exact) mass is 286 g/mol. The Kier molecular flexibility index (Phi) is 3.96. The van der Waals surface area contributed by atoms with E-state index in [2.05, 4.69) is 6.07 Å². The average Bonchev–Trinajstić information content (AvgIpc) is 2.55. The van der Waals surface area contributed by atoms with Crippen LogP contribution in [0.3, 0.4) is 0 Å². The predicted octanol–water partition coefficient (Wildman–Crippen LogP) is 1.76. The van der Waals surface area contributed by atoms with Crippen LogP contribution >= 0.6 is 0 Å². The highest BCUT2D eigenvalue weighted by atomic mass is 16.6. The SMILES string of the molecule is N#CC1CCN(C(=O)Cc2ccc3c(c2)OCCO3)CC1. The third-order valence-electron chi connectivity index (χ3n) is 3.99. The number of hydrogen-bond donors (Lipinski definition) is 0. The molecule has 0 aromatic heterocycles. The summed E-state index contributed by atoms with van der Waals surface area (Å²) in [5, 5.41) is 8.88. The van der Waals surface area contributed by atoms with Gasteiger partial charge in [-0.25, -0.2) is 0 Å². The van der Waals surface area contributed by atoms with Gasteiger partial charge in [-0.1, -0.05) is 6.07 Å². The zero-order valence-corrected chi connectivity index (χ0v) is 11.9. The van der Waals surface area contributed by atoms with Crippen molar-refractivity contribution in [2.24, 2.45) is 5.92 Å². The summed E-state index contributed by atoms with van der Waals surface area (Å²) in [5.74, 6) is 1.67. The van der Waals surface area contributed by atoms with Crippen molar-refractivity contribution in [3.05, 3.63) is 23.8 Å². The molecule has 0 bridgehead atoms. The molecule has 2 aliphatic heterocycles. The molecule has 1 aromatic rings. The van der Waals surface area contributed by atoms with Crippen molar-refractivity contribution >= 4 is 5.91 Å². The number of nitriles is 1. The van der Waals surface area contributed by atoms with Gasteiger partial charge in [0.25, 0.3) is 0 Å². The number of amides is 1. The highest BCUT2D eigenvalue weighted by Gasteiger charge is 2.23. The number of nitrogens with zero attached hydrogens (tertiary/aromatic N) is 2. The van der Waals surface area contributed by atoms with Gasteiger partial charge in [0.05, 0.1) is 12.5 Å². The van der Waals surface area contributed by atoms with Gasteiger partial charge in [-0.15, -0.1) is 0 Å². The molecule has 110 valence electrons. The molecular weight excluding hydrogens is 268 g/mol. The molecule has 1 fully saturated rings. The molecule has 0 spiro atoms. The summed E-state index contributed by atoms with van der Waals surface area (Å²) in [7, 11) is 0. The summed E-state index contributed by atoms with van der Waals surface area (Å²) in [4.78, 5) is 14.2. The van der Waals surface area contributed by atoms with E-state index in [4.69, 9.17) is 14.7 Å². The van der Waals surface area contributed by atoms with Gasteiger partial charge in [0, 0.05) is 19.0 Å². The van der Waals surface area contributed by atoms with Crippen LogP contribution in [0.2, 0.25) is 0 Å². The Bertz CT molecular complexity index is 571. The van der Waals surface area contributed by atoms with Gasteiger partial charge in [0.15, 0.2) is 11.5 Å². The van der Waals surface area contributed by atoms with E-state index in [0.29, 0.717) is 32.7 Å². The summed E-state index contributed by atoms with van der Waals surface area (Å²) < 4.78 is 11.0. The van der Waals surface area contributed by atoms with E-state index >= 15 is 0 Å². The van der Waals surface area contributed by atoms with Gasteiger partial charge in [-0.2, -0.15) is 5.26 Å². The largest absolute Gasteiger partial charge is 0.486 e. The minimum absolute atomic E-state index is 0.100. The minimum atomic E-state index is 0.100. The van der Waals surface area contributed by atoms with E-state index < -0.39 is 0 Å². The molecule has 2 aliphatic rings. The van der Waals surface area contributed by atoms with Crippen LogP contribution in [0.25, 0.3) is 0 Å². The van der Waals surface area contributed by atoms with Crippen LogP contribution in [0.15, 0.2) is 18.2 Å². The number of carbonyl (C=O) groups excluding carboxylic acids is 1. The molecule has 21 heavy (non-hydrogen) atoms. The van der Waals surface area contributed by atoms with Crippen LogP contribution in [0, 0.1) is 17.2 Å². The highest BCUT2D eigenvalue weighted by Crippen LogP contribution is 2.31. The number of hydrogen-bond acceptors (Lipinski definition) is 4.